The molecule has 1 saturated heterocycles. The van der Waals surface area contributed by atoms with E-state index in [0.717, 1.165) is 48.1 Å². The number of fused-ring (bicyclic) bond motifs is 1. The minimum Gasteiger partial charge on any atom is -0.376 e. The lowest BCUT2D eigenvalue weighted by molar-refractivity contribution is 0.0953. The lowest BCUT2D eigenvalue weighted by Gasteiger charge is -2.16. The standard InChI is InChI=1S/C20H24N4OS/c1-2-8-15(7-1)26-20-23-22-19(24(20)13-14-6-5-11-25-14)17-12-21-18-10-4-3-9-16(17)18/h3-4,9-10,12,14-15,21H,1-2,5-8,11,13H2. The summed E-state index contributed by atoms with van der Waals surface area (Å²) >= 11 is 1.91. The Labute approximate surface area is 157 Å². The van der Waals surface area contributed by atoms with Crippen LogP contribution in [0.2, 0.25) is 0 Å². The Kier molecular flexibility index (Phi) is 4.46. The van der Waals surface area contributed by atoms with Crippen LogP contribution in [0, 0.1) is 0 Å². The van der Waals surface area contributed by atoms with Gasteiger partial charge in [0.15, 0.2) is 11.0 Å². The maximum Gasteiger partial charge on any atom is 0.191 e. The number of ether oxygens (including phenoxy) is 1. The van der Waals surface area contributed by atoms with Crippen molar-refractivity contribution in [2.75, 3.05) is 6.61 Å². The van der Waals surface area contributed by atoms with Gasteiger partial charge in [0, 0.05) is 34.5 Å². The fourth-order valence-corrected chi connectivity index (χ4v) is 5.39. The predicted molar refractivity (Wildman–Crippen MR) is 104 cm³/mol. The number of aromatic amines is 1. The SMILES string of the molecule is c1ccc2c(-c3nnc(SC4CCCC4)n3CC3CCCO3)c[nH]c2c1. The average molecular weight is 369 g/mol. The minimum atomic E-state index is 0.276. The molecule has 3 aromatic rings. The highest BCUT2D eigenvalue weighted by atomic mass is 32.2. The second-order valence-electron chi connectivity index (χ2n) is 7.32. The minimum absolute atomic E-state index is 0.276. The highest BCUT2D eigenvalue weighted by molar-refractivity contribution is 7.99. The topological polar surface area (TPSA) is 55.7 Å². The second kappa shape index (κ2) is 7.08. The third-order valence-electron chi connectivity index (χ3n) is 5.53. The first kappa shape index (κ1) is 16.4. The van der Waals surface area contributed by atoms with E-state index in [0.29, 0.717) is 5.25 Å². The van der Waals surface area contributed by atoms with Crippen LogP contribution in [0.3, 0.4) is 0 Å². The molecule has 5 rings (SSSR count). The second-order valence-corrected chi connectivity index (χ2v) is 8.59. The van der Waals surface area contributed by atoms with Crippen molar-refractivity contribution in [1.82, 2.24) is 19.7 Å². The van der Waals surface area contributed by atoms with Gasteiger partial charge in [-0.15, -0.1) is 10.2 Å². The first-order valence-electron chi connectivity index (χ1n) is 9.66. The maximum atomic E-state index is 5.92. The quantitative estimate of drug-likeness (QED) is 0.713. The van der Waals surface area contributed by atoms with Crippen molar-refractivity contribution in [3.05, 3.63) is 30.5 Å². The molecular formula is C20H24N4OS. The van der Waals surface area contributed by atoms with Crippen LogP contribution in [-0.2, 0) is 11.3 Å². The Hall–Kier alpha value is -1.79. The lowest BCUT2D eigenvalue weighted by Crippen LogP contribution is -2.17. The summed E-state index contributed by atoms with van der Waals surface area (Å²) in [5.74, 6) is 0.957. The zero-order valence-electron chi connectivity index (χ0n) is 14.9. The van der Waals surface area contributed by atoms with Crippen molar-refractivity contribution < 1.29 is 4.74 Å². The fourth-order valence-electron chi connectivity index (χ4n) is 4.14. The van der Waals surface area contributed by atoms with Crippen molar-refractivity contribution in [2.24, 2.45) is 0 Å². The summed E-state index contributed by atoms with van der Waals surface area (Å²) in [5, 5.41) is 12.1. The van der Waals surface area contributed by atoms with Gasteiger partial charge in [0.1, 0.15) is 0 Å². The zero-order valence-corrected chi connectivity index (χ0v) is 15.7. The van der Waals surface area contributed by atoms with Gasteiger partial charge in [-0.05, 0) is 31.7 Å². The first-order chi connectivity index (χ1) is 12.9. The molecule has 6 heteroatoms. The molecule has 26 heavy (non-hydrogen) atoms. The number of para-hydroxylation sites is 1. The third-order valence-corrected chi connectivity index (χ3v) is 6.85. The fraction of sp³-hybridized carbons (Fsp3) is 0.500. The number of benzene rings is 1. The Balaban J connectivity index is 1.54. The number of nitrogens with zero attached hydrogens (tertiary/aromatic N) is 3. The van der Waals surface area contributed by atoms with Gasteiger partial charge in [-0.25, -0.2) is 0 Å². The van der Waals surface area contributed by atoms with Crippen molar-refractivity contribution in [1.29, 1.82) is 0 Å². The van der Waals surface area contributed by atoms with E-state index in [1.165, 1.54) is 31.1 Å². The Morgan fingerprint density at radius 1 is 1.12 bits per heavy atom. The summed E-state index contributed by atoms with van der Waals surface area (Å²) < 4.78 is 8.22. The molecule has 0 bridgehead atoms. The van der Waals surface area contributed by atoms with Crippen LogP contribution in [0.4, 0.5) is 0 Å². The van der Waals surface area contributed by atoms with Gasteiger partial charge < -0.3 is 9.72 Å². The monoisotopic (exact) mass is 368 g/mol. The molecule has 2 fully saturated rings. The van der Waals surface area contributed by atoms with Crippen molar-refractivity contribution in [2.45, 2.75) is 61.6 Å². The smallest absolute Gasteiger partial charge is 0.191 e. The van der Waals surface area contributed by atoms with Gasteiger partial charge in [0.2, 0.25) is 0 Å². The summed E-state index contributed by atoms with van der Waals surface area (Å²) in [6.07, 6.45) is 9.88. The van der Waals surface area contributed by atoms with Gasteiger partial charge in [-0.2, -0.15) is 0 Å². The van der Waals surface area contributed by atoms with Crippen LogP contribution in [0.5, 0.6) is 0 Å². The van der Waals surface area contributed by atoms with E-state index >= 15 is 0 Å². The molecule has 0 amide bonds. The molecule has 2 aromatic heterocycles. The Morgan fingerprint density at radius 2 is 2.00 bits per heavy atom. The van der Waals surface area contributed by atoms with Crippen LogP contribution in [0.25, 0.3) is 22.3 Å². The van der Waals surface area contributed by atoms with Gasteiger partial charge in [-0.1, -0.05) is 42.8 Å². The number of H-pyrrole nitrogens is 1. The van der Waals surface area contributed by atoms with Gasteiger partial charge in [0.25, 0.3) is 0 Å². The van der Waals surface area contributed by atoms with Gasteiger partial charge in [-0.3, -0.25) is 4.57 Å². The summed E-state index contributed by atoms with van der Waals surface area (Å²) in [7, 11) is 0. The Morgan fingerprint density at radius 3 is 2.85 bits per heavy atom. The van der Waals surface area contributed by atoms with Crippen molar-refractivity contribution >= 4 is 22.7 Å². The van der Waals surface area contributed by atoms with Crippen LogP contribution in [-0.4, -0.2) is 37.7 Å². The summed E-state index contributed by atoms with van der Waals surface area (Å²) in [4.78, 5) is 3.37. The molecule has 2 aliphatic rings. The summed E-state index contributed by atoms with van der Waals surface area (Å²) in [5.41, 5.74) is 2.27. The molecular weight excluding hydrogens is 344 g/mol. The largest absolute Gasteiger partial charge is 0.376 e. The number of thioether (sulfide) groups is 1. The van der Waals surface area contributed by atoms with Crippen LogP contribution < -0.4 is 0 Å². The van der Waals surface area contributed by atoms with Crippen molar-refractivity contribution in [3.63, 3.8) is 0 Å². The molecule has 3 heterocycles. The molecule has 1 saturated carbocycles. The normalized spacial score (nSPS) is 21.2. The molecule has 1 aliphatic heterocycles. The van der Waals surface area contributed by atoms with Crippen LogP contribution >= 0.6 is 11.8 Å². The zero-order chi connectivity index (χ0) is 17.3. The van der Waals surface area contributed by atoms with Crippen LogP contribution in [0.15, 0.2) is 35.6 Å². The lowest BCUT2D eigenvalue weighted by atomic mass is 10.1. The number of nitrogens with one attached hydrogen (secondary N) is 1. The summed E-state index contributed by atoms with van der Waals surface area (Å²) in [6, 6.07) is 8.39. The summed E-state index contributed by atoms with van der Waals surface area (Å²) in [6.45, 7) is 1.72. The molecule has 1 unspecified atom stereocenters. The molecule has 136 valence electrons. The molecule has 0 spiro atoms. The van der Waals surface area contributed by atoms with E-state index < -0.39 is 0 Å². The molecule has 5 nitrogen and oxygen atoms in total. The molecule has 1 N–H and O–H groups in total. The number of hydrogen-bond donors (Lipinski definition) is 1. The van der Waals surface area contributed by atoms with Gasteiger partial charge in [0.05, 0.1) is 12.6 Å². The molecule has 1 aliphatic carbocycles. The average Bonchev–Trinajstić information content (AvgIpc) is 3.44. The van der Waals surface area contributed by atoms with E-state index in [2.05, 4.69) is 50.2 Å². The number of rotatable bonds is 5. The highest BCUT2D eigenvalue weighted by Crippen LogP contribution is 2.37. The molecule has 1 aromatic carbocycles. The number of aromatic nitrogens is 4. The molecule has 0 radical (unpaired) electrons. The third kappa shape index (κ3) is 3.05. The van der Waals surface area contributed by atoms with Gasteiger partial charge >= 0.3 is 0 Å². The van der Waals surface area contributed by atoms with Crippen LogP contribution in [0.1, 0.15) is 38.5 Å². The highest BCUT2D eigenvalue weighted by Gasteiger charge is 2.25. The van der Waals surface area contributed by atoms with E-state index in [1.54, 1.807) is 0 Å². The maximum absolute atomic E-state index is 5.92. The Bertz CT molecular complexity index is 890. The predicted octanol–water partition coefficient (Wildman–Crippen LogP) is 4.64. The number of hydrogen-bond acceptors (Lipinski definition) is 4. The van der Waals surface area contributed by atoms with E-state index in [-0.39, 0.29) is 6.10 Å². The van der Waals surface area contributed by atoms with E-state index in [4.69, 9.17) is 4.74 Å². The van der Waals surface area contributed by atoms with E-state index in [1.807, 2.05) is 11.8 Å². The molecule has 1 atom stereocenters. The first-order valence-corrected chi connectivity index (χ1v) is 10.5. The van der Waals surface area contributed by atoms with E-state index in [9.17, 15) is 0 Å². The van der Waals surface area contributed by atoms with Crippen molar-refractivity contribution in [3.8, 4) is 11.4 Å².